The van der Waals surface area contributed by atoms with Gasteiger partial charge in [0.15, 0.2) is 5.69 Å². The standard InChI is InChI=1S/C18H16Cl2N2O3/c1-4-25-18(23)17-10(2)22-8-7-11(9-14(22)21-17)15-13(24-3)6-5-12(19)16(15)20/h5-9H,4H2,1-3H3. The number of pyridine rings is 1. The third-order valence-corrected chi connectivity index (χ3v) is 4.70. The molecular weight excluding hydrogens is 363 g/mol. The first kappa shape index (κ1) is 17.6. The van der Waals surface area contributed by atoms with Gasteiger partial charge in [0.2, 0.25) is 0 Å². The van der Waals surface area contributed by atoms with Crippen LogP contribution in [0.5, 0.6) is 5.75 Å². The van der Waals surface area contributed by atoms with Crippen LogP contribution < -0.4 is 4.74 Å². The van der Waals surface area contributed by atoms with Gasteiger partial charge in [-0.3, -0.25) is 0 Å². The summed E-state index contributed by atoms with van der Waals surface area (Å²) in [6.45, 7) is 3.88. The maximum atomic E-state index is 12.0. The van der Waals surface area contributed by atoms with Crippen molar-refractivity contribution in [1.82, 2.24) is 9.38 Å². The lowest BCUT2D eigenvalue weighted by Gasteiger charge is -2.12. The molecule has 3 aromatic rings. The van der Waals surface area contributed by atoms with E-state index in [9.17, 15) is 4.79 Å². The molecule has 0 N–H and O–H groups in total. The molecule has 0 atom stereocenters. The highest BCUT2D eigenvalue weighted by Gasteiger charge is 2.19. The average molecular weight is 379 g/mol. The van der Waals surface area contributed by atoms with Crippen molar-refractivity contribution in [2.75, 3.05) is 13.7 Å². The van der Waals surface area contributed by atoms with Crippen LogP contribution in [0, 0.1) is 6.92 Å². The topological polar surface area (TPSA) is 52.8 Å². The molecule has 0 aliphatic heterocycles. The van der Waals surface area contributed by atoms with E-state index in [1.807, 2.05) is 29.7 Å². The fourth-order valence-corrected chi connectivity index (χ4v) is 3.11. The molecule has 0 amide bonds. The molecule has 0 fully saturated rings. The number of hydrogen-bond acceptors (Lipinski definition) is 4. The van der Waals surface area contributed by atoms with E-state index in [-0.39, 0.29) is 0 Å². The molecule has 1 aromatic carbocycles. The number of imidazole rings is 1. The van der Waals surface area contributed by atoms with Gasteiger partial charge in [-0.15, -0.1) is 0 Å². The number of halogens is 2. The van der Waals surface area contributed by atoms with Gasteiger partial charge >= 0.3 is 5.97 Å². The predicted molar refractivity (Wildman–Crippen MR) is 97.9 cm³/mol. The van der Waals surface area contributed by atoms with Crippen LogP contribution in [-0.2, 0) is 4.74 Å². The van der Waals surface area contributed by atoms with Crippen LogP contribution in [-0.4, -0.2) is 29.1 Å². The SMILES string of the molecule is CCOC(=O)c1nc2cc(-c3c(OC)ccc(Cl)c3Cl)ccn2c1C. The minimum Gasteiger partial charge on any atom is -0.496 e. The van der Waals surface area contributed by atoms with Crippen molar-refractivity contribution in [3.63, 3.8) is 0 Å². The first-order valence-electron chi connectivity index (χ1n) is 7.66. The number of carbonyl (C=O) groups excluding carboxylic acids is 1. The summed E-state index contributed by atoms with van der Waals surface area (Å²) in [5, 5.41) is 0.836. The number of aromatic nitrogens is 2. The van der Waals surface area contributed by atoms with E-state index in [1.165, 1.54) is 0 Å². The fourth-order valence-electron chi connectivity index (χ4n) is 2.69. The Bertz CT molecular complexity index is 967. The van der Waals surface area contributed by atoms with E-state index in [0.29, 0.717) is 45.0 Å². The molecule has 0 bridgehead atoms. The highest BCUT2D eigenvalue weighted by Crippen LogP contribution is 2.40. The number of nitrogens with zero attached hydrogens (tertiary/aromatic N) is 2. The van der Waals surface area contributed by atoms with Gasteiger partial charge in [-0.2, -0.15) is 0 Å². The summed E-state index contributed by atoms with van der Waals surface area (Å²) in [6.07, 6.45) is 1.83. The Hall–Kier alpha value is -2.24. The Morgan fingerprint density at radius 3 is 2.72 bits per heavy atom. The molecule has 0 saturated carbocycles. The molecule has 0 aliphatic carbocycles. The largest absolute Gasteiger partial charge is 0.496 e. The summed E-state index contributed by atoms with van der Waals surface area (Å²) in [5.41, 5.74) is 3.08. The quantitative estimate of drug-likeness (QED) is 0.611. The number of fused-ring (bicyclic) bond motifs is 1. The number of benzene rings is 1. The van der Waals surface area contributed by atoms with Gasteiger partial charge in [0.05, 0.1) is 29.5 Å². The Kier molecular flexibility index (Phi) is 4.88. The molecule has 2 heterocycles. The van der Waals surface area contributed by atoms with Crippen LogP contribution >= 0.6 is 23.2 Å². The van der Waals surface area contributed by atoms with Crippen molar-refractivity contribution in [1.29, 1.82) is 0 Å². The fraction of sp³-hybridized carbons (Fsp3) is 0.222. The minimum absolute atomic E-state index is 0.295. The molecule has 7 heteroatoms. The second-order valence-corrected chi connectivity index (χ2v) is 6.13. The average Bonchev–Trinajstić information content (AvgIpc) is 2.93. The van der Waals surface area contributed by atoms with Crippen LogP contribution in [0.3, 0.4) is 0 Å². The number of aryl methyl sites for hydroxylation is 1. The number of ether oxygens (including phenoxy) is 2. The number of carbonyl (C=O) groups is 1. The van der Waals surface area contributed by atoms with E-state index in [1.54, 1.807) is 26.2 Å². The summed E-state index contributed by atoms with van der Waals surface area (Å²) >= 11 is 12.5. The zero-order chi connectivity index (χ0) is 18.1. The predicted octanol–water partition coefficient (Wildman–Crippen LogP) is 4.80. The lowest BCUT2D eigenvalue weighted by Crippen LogP contribution is -2.06. The van der Waals surface area contributed by atoms with E-state index >= 15 is 0 Å². The first-order chi connectivity index (χ1) is 12.0. The molecule has 3 rings (SSSR count). The summed E-state index contributed by atoms with van der Waals surface area (Å²) < 4.78 is 12.3. The Morgan fingerprint density at radius 2 is 2.04 bits per heavy atom. The number of methoxy groups -OCH3 is 1. The molecular formula is C18H16Cl2N2O3. The normalized spacial score (nSPS) is 10.9. The maximum absolute atomic E-state index is 12.0. The second kappa shape index (κ2) is 6.94. The van der Waals surface area contributed by atoms with Crippen LogP contribution in [0.4, 0.5) is 0 Å². The van der Waals surface area contributed by atoms with Crippen LogP contribution in [0.2, 0.25) is 10.0 Å². The van der Waals surface area contributed by atoms with Crippen molar-refractivity contribution in [2.24, 2.45) is 0 Å². The summed E-state index contributed by atoms with van der Waals surface area (Å²) in [4.78, 5) is 16.4. The lowest BCUT2D eigenvalue weighted by molar-refractivity contribution is 0.0519. The minimum atomic E-state index is -0.441. The monoisotopic (exact) mass is 378 g/mol. The van der Waals surface area contributed by atoms with E-state index in [2.05, 4.69) is 4.98 Å². The summed E-state index contributed by atoms with van der Waals surface area (Å²) in [6, 6.07) is 7.14. The van der Waals surface area contributed by atoms with Crippen molar-refractivity contribution in [2.45, 2.75) is 13.8 Å². The molecule has 5 nitrogen and oxygen atoms in total. The smallest absolute Gasteiger partial charge is 0.358 e. The Morgan fingerprint density at radius 1 is 1.28 bits per heavy atom. The van der Waals surface area contributed by atoms with Crippen molar-refractivity contribution < 1.29 is 14.3 Å². The Labute approximate surface area is 155 Å². The second-order valence-electron chi connectivity index (χ2n) is 5.35. The van der Waals surface area contributed by atoms with Crippen LogP contribution in [0.1, 0.15) is 23.1 Å². The van der Waals surface area contributed by atoms with Gasteiger partial charge in [0.1, 0.15) is 11.4 Å². The summed E-state index contributed by atoms with van der Waals surface area (Å²) in [7, 11) is 1.57. The maximum Gasteiger partial charge on any atom is 0.358 e. The lowest BCUT2D eigenvalue weighted by atomic mass is 10.1. The van der Waals surface area contributed by atoms with Crippen LogP contribution in [0.15, 0.2) is 30.5 Å². The third-order valence-electron chi connectivity index (χ3n) is 3.90. The zero-order valence-electron chi connectivity index (χ0n) is 14.0. The molecule has 130 valence electrons. The number of esters is 1. The van der Waals surface area contributed by atoms with Gasteiger partial charge < -0.3 is 13.9 Å². The molecule has 0 aliphatic rings. The zero-order valence-corrected chi connectivity index (χ0v) is 15.5. The van der Waals surface area contributed by atoms with Crippen LogP contribution in [0.25, 0.3) is 16.8 Å². The number of hydrogen-bond donors (Lipinski definition) is 0. The molecule has 0 saturated heterocycles. The highest BCUT2D eigenvalue weighted by atomic mass is 35.5. The summed E-state index contributed by atoms with van der Waals surface area (Å²) in [5.74, 6) is 0.163. The third kappa shape index (κ3) is 3.05. The van der Waals surface area contributed by atoms with Gasteiger partial charge in [-0.1, -0.05) is 23.2 Å². The molecule has 0 radical (unpaired) electrons. The van der Waals surface area contributed by atoms with Gasteiger partial charge in [-0.25, -0.2) is 9.78 Å². The van der Waals surface area contributed by atoms with Crippen molar-refractivity contribution in [3.05, 3.63) is 51.9 Å². The molecule has 25 heavy (non-hydrogen) atoms. The van der Waals surface area contributed by atoms with E-state index in [0.717, 1.165) is 5.56 Å². The van der Waals surface area contributed by atoms with Crippen molar-refractivity contribution >= 4 is 34.8 Å². The molecule has 2 aromatic heterocycles. The first-order valence-corrected chi connectivity index (χ1v) is 8.41. The van der Waals surface area contributed by atoms with E-state index in [4.69, 9.17) is 32.7 Å². The van der Waals surface area contributed by atoms with Gasteiger partial charge in [0, 0.05) is 11.8 Å². The van der Waals surface area contributed by atoms with Crippen molar-refractivity contribution in [3.8, 4) is 16.9 Å². The highest BCUT2D eigenvalue weighted by molar-refractivity contribution is 6.44. The molecule has 0 spiro atoms. The Balaban J connectivity index is 2.18. The number of rotatable bonds is 4. The molecule has 0 unspecified atom stereocenters. The van der Waals surface area contributed by atoms with Gasteiger partial charge in [-0.05, 0) is 43.7 Å². The van der Waals surface area contributed by atoms with Gasteiger partial charge in [0.25, 0.3) is 0 Å². The van der Waals surface area contributed by atoms with E-state index < -0.39 is 5.97 Å².